The van der Waals surface area contributed by atoms with E-state index in [9.17, 15) is 4.79 Å². The first-order valence-electron chi connectivity index (χ1n) is 8.86. The Hall–Kier alpha value is -2.55. The number of fused-ring (bicyclic) bond motifs is 1. The molecule has 1 unspecified atom stereocenters. The van der Waals surface area contributed by atoms with Gasteiger partial charge in [0.25, 0.3) is 0 Å². The fourth-order valence-electron chi connectivity index (χ4n) is 3.13. The third-order valence-electron chi connectivity index (χ3n) is 5.07. The molecule has 0 aliphatic carbocycles. The highest BCUT2D eigenvalue weighted by Gasteiger charge is 2.18. The number of amides is 1. The van der Waals surface area contributed by atoms with Crippen molar-refractivity contribution in [2.45, 2.75) is 46.6 Å². The maximum absolute atomic E-state index is 12.8. The van der Waals surface area contributed by atoms with Crippen molar-refractivity contribution < 1.29 is 4.79 Å². The fourth-order valence-corrected chi connectivity index (χ4v) is 3.13. The molecule has 3 rings (SSSR count). The summed E-state index contributed by atoms with van der Waals surface area (Å²) < 4.78 is 2.04. The van der Waals surface area contributed by atoms with E-state index < -0.39 is 0 Å². The summed E-state index contributed by atoms with van der Waals surface area (Å²) in [4.78, 5) is 12.8. The summed E-state index contributed by atoms with van der Waals surface area (Å²) in [5, 5.41) is 4.25. The molecule has 1 heterocycles. The molecule has 1 aromatic heterocycles. The normalized spacial score (nSPS) is 12.6. The molecule has 2 aromatic carbocycles. The number of carbonyl (C=O) groups is 1. The van der Waals surface area contributed by atoms with Gasteiger partial charge in [-0.05, 0) is 73.0 Å². The van der Waals surface area contributed by atoms with Gasteiger partial charge in [0.15, 0.2) is 0 Å². The third kappa shape index (κ3) is 3.32. The summed E-state index contributed by atoms with van der Waals surface area (Å²) in [6, 6.07) is 14.3. The van der Waals surface area contributed by atoms with Crippen molar-refractivity contribution in [2.24, 2.45) is 0 Å². The molecule has 0 aliphatic rings. The number of rotatable bonds is 4. The van der Waals surface area contributed by atoms with Gasteiger partial charge in [-0.2, -0.15) is 0 Å². The van der Waals surface area contributed by atoms with Gasteiger partial charge in [0, 0.05) is 17.4 Å². The lowest BCUT2D eigenvalue weighted by Gasteiger charge is -2.17. The van der Waals surface area contributed by atoms with Gasteiger partial charge in [0.05, 0.1) is 0 Å². The van der Waals surface area contributed by atoms with Crippen LogP contribution in [0.1, 0.15) is 49.4 Å². The van der Waals surface area contributed by atoms with Crippen molar-refractivity contribution in [3.05, 3.63) is 65.4 Å². The number of benzene rings is 2. The minimum atomic E-state index is -0.276. The number of carbonyl (C=O) groups excluding carboxylic acids is 1. The minimum Gasteiger partial charge on any atom is -0.335 e. The Balaban J connectivity index is 1.87. The number of hydrogen-bond acceptors (Lipinski definition) is 1. The van der Waals surface area contributed by atoms with Gasteiger partial charge in [-0.3, -0.25) is 4.79 Å². The first kappa shape index (κ1) is 17.3. The number of nitrogens with zero attached hydrogens (tertiary/aromatic N) is 1. The Morgan fingerprint density at radius 1 is 1.04 bits per heavy atom. The lowest BCUT2D eigenvalue weighted by molar-refractivity contribution is -0.118. The topological polar surface area (TPSA) is 34.0 Å². The first-order chi connectivity index (χ1) is 11.9. The van der Waals surface area contributed by atoms with E-state index in [4.69, 9.17) is 0 Å². The van der Waals surface area contributed by atoms with Gasteiger partial charge >= 0.3 is 0 Å². The molecule has 0 radical (unpaired) electrons. The van der Waals surface area contributed by atoms with E-state index in [-0.39, 0.29) is 11.9 Å². The van der Waals surface area contributed by atoms with E-state index in [1.165, 1.54) is 16.5 Å². The Bertz CT molecular complexity index is 921. The molecular formula is C22H26N2O. The summed E-state index contributed by atoms with van der Waals surface area (Å²) in [5.74, 6) is 0.497. The monoisotopic (exact) mass is 334 g/mol. The van der Waals surface area contributed by atoms with Gasteiger partial charge in [-0.25, -0.2) is 0 Å². The number of aryl methyl sites for hydroxylation is 1. The highest BCUT2D eigenvalue weighted by molar-refractivity contribution is 5.95. The predicted octanol–water partition coefficient (Wildman–Crippen LogP) is 5.58. The van der Waals surface area contributed by atoms with Crippen LogP contribution in [0.4, 0.5) is 5.69 Å². The fraction of sp³-hybridized carbons (Fsp3) is 0.318. The summed E-state index contributed by atoms with van der Waals surface area (Å²) in [6.45, 7) is 10.4. The van der Waals surface area contributed by atoms with Crippen LogP contribution in [-0.4, -0.2) is 10.5 Å². The third-order valence-corrected chi connectivity index (χ3v) is 5.07. The molecular weight excluding hydrogens is 308 g/mol. The Morgan fingerprint density at radius 3 is 2.52 bits per heavy atom. The second kappa shape index (κ2) is 6.75. The number of anilines is 1. The van der Waals surface area contributed by atoms with Crippen molar-refractivity contribution in [1.29, 1.82) is 0 Å². The predicted molar refractivity (Wildman–Crippen MR) is 105 cm³/mol. The van der Waals surface area contributed by atoms with Crippen LogP contribution in [-0.2, 0) is 4.79 Å². The summed E-state index contributed by atoms with van der Waals surface area (Å²) in [7, 11) is 0. The Kier molecular flexibility index (Phi) is 4.67. The first-order valence-corrected chi connectivity index (χ1v) is 8.86. The van der Waals surface area contributed by atoms with E-state index in [2.05, 4.69) is 56.4 Å². The Labute approximate surface area is 149 Å². The molecule has 1 atom stereocenters. The highest BCUT2D eigenvalue weighted by Crippen LogP contribution is 2.26. The molecule has 1 amide bonds. The second-order valence-corrected chi connectivity index (χ2v) is 7.11. The van der Waals surface area contributed by atoms with Crippen LogP contribution in [0.5, 0.6) is 0 Å². The van der Waals surface area contributed by atoms with Crippen LogP contribution in [0.25, 0.3) is 10.9 Å². The quantitative estimate of drug-likeness (QED) is 0.664. The standard InChI is InChI=1S/C22H26N2O/c1-14(2)18-9-10-21-19(13-18)11-12-24(21)17(5)22(25)23-20-8-6-7-15(3)16(20)4/h6-14,17H,1-5H3,(H,23,25). The molecule has 0 saturated heterocycles. The van der Waals surface area contributed by atoms with Crippen molar-refractivity contribution in [3.8, 4) is 0 Å². The van der Waals surface area contributed by atoms with Crippen LogP contribution in [0.2, 0.25) is 0 Å². The van der Waals surface area contributed by atoms with Crippen molar-refractivity contribution in [3.63, 3.8) is 0 Å². The summed E-state index contributed by atoms with van der Waals surface area (Å²) in [6.07, 6.45) is 2.00. The van der Waals surface area contributed by atoms with E-state index in [1.54, 1.807) is 0 Å². The molecule has 0 spiro atoms. The maximum Gasteiger partial charge on any atom is 0.247 e. The molecule has 3 nitrogen and oxygen atoms in total. The number of hydrogen-bond donors (Lipinski definition) is 1. The van der Waals surface area contributed by atoms with Crippen LogP contribution in [0.15, 0.2) is 48.7 Å². The lowest BCUT2D eigenvalue weighted by atomic mass is 10.0. The van der Waals surface area contributed by atoms with Gasteiger partial charge in [-0.1, -0.05) is 32.0 Å². The molecule has 3 aromatic rings. The zero-order valence-corrected chi connectivity index (χ0v) is 15.6. The van der Waals surface area contributed by atoms with Crippen LogP contribution >= 0.6 is 0 Å². The van der Waals surface area contributed by atoms with Crippen molar-refractivity contribution in [1.82, 2.24) is 4.57 Å². The van der Waals surface area contributed by atoms with Crippen LogP contribution in [0.3, 0.4) is 0 Å². The zero-order valence-electron chi connectivity index (χ0n) is 15.6. The maximum atomic E-state index is 12.8. The Morgan fingerprint density at radius 2 is 1.80 bits per heavy atom. The van der Waals surface area contributed by atoms with E-state index in [1.807, 2.05) is 36.7 Å². The number of nitrogens with one attached hydrogen (secondary N) is 1. The summed E-state index contributed by atoms with van der Waals surface area (Å²) >= 11 is 0. The molecule has 0 bridgehead atoms. The molecule has 3 heteroatoms. The van der Waals surface area contributed by atoms with Gasteiger partial charge in [0.1, 0.15) is 6.04 Å². The number of aromatic nitrogens is 1. The van der Waals surface area contributed by atoms with E-state index >= 15 is 0 Å². The van der Waals surface area contributed by atoms with Gasteiger partial charge < -0.3 is 9.88 Å². The molecule has 130 valence electrons. The minimum absolute atomic E-state index is 0.000800. The smallest absolute Gasteiger partial charge is 0.247 e. The molecule has 0 fully saturated rings. The van der Waals surface area contributed by atoms with E-state index in [0.717, 1.165) is 16.8 Å². The molecule has 1 N–H and O–H groups in total. The molecule has 0 saturated carbocycles. The lowest BCUT2D eigenvalue weighted by Crippen LogP contribution is -2.23. The van der Waals surface area contributed by atoms with Gasteiger partial charge in [-0.15, -0.1) is 0 Å². The second-order valence-electron chi connectivity index (χ2n) is 7.11. The SMILES string of the molecule is Cc1cccc(NC(=O)C(C)n2ccc3cc(C(C)C)ccc32)c1C. The average Bonchev–Trinajstić information content (AvgIpc) is 3.01. The molecule has 0 aliphatic heterocycles. The van der Waals surface area contributed by atoms with Crippen LogP contribution in [0, 0.1) is 13.8 Å². The van der Waals surface area contributed by atoms with Crippen LogP contribution < -0.4 is 5.32 Å². The van der Waals surface area contributed by atoms with Crippen molar-refractivity contribution in [2.75, 3.05) is 5.32 Å². The van der Waals surface area contributed by atoms with Crippen molar-refractivity contribution >= 4 is 22.5 Å². The zero-order chi connectivity index (χ0) is 18.1. The largest absolute Gasteiger partial charge is 0.335 e. The van der Waals surface area contributed by atoms with E-state index in [0.29, 0.717) is 5.92 Å². The summed E-state index contributed by atoms with van der Waals surface area (Å²) in [5.41, 5.74) is 5.58. The molecule has 25 heavy (non-hydrogen) atoms. The highest BCUT2D eigenvalue weighted by atomic mass is 16.2. The average molecular weight is 334 g/mol. The van der Waals surface area contributed by atoms with Gasteiger partial charge in [0.2, 0.25) is 5.91 Å².